The Labute approximate surface area is 186 Å². The van der Waals surface area contributed by atoms with E-state index in [-0.39, 0.29) is 5.91 Å². The number of hydrogen-bond acceptors (Lipinski definition) is 2. The number of nitrogens with zero attached hydrogens (tertiary/aromatic N) is 3. The molecule has 0 spiro atoms. The van der Waals surface area contributed by atoms with E-state index < -0.39 is 0 Å². The van der Waals surface area contributed by atoms with Gasteiger partial charge in [0.05, 0.1) is 17.8 Å². The highest BCUT2D eigenvalue weighted by Crippen LogP contribution is 2.30. The van der Waals surface area contributed by atoms with Gasteiger partial charge >= 0.3 is 0 Å². The van der Waals surface area contributed by atoms with Gasteiger partial charge in [-0.05, 0) is 46.7 Å². The van der Waals surface area contributed by atoms with Crippen LogP contribution in [0.4, 0.5) is 5.69 Å². The lowest BCUT2D eigenvalue weighted by atomic mass is 10.0. The molecule has 1 amide bonds. The third-order valence-corrected chi connectivity index (χ3v) is 6.19. The molecule has 6 rings (SSSR count). The minimum Gasteiger partial charge on any atom is -0.345 e. The fourth-order valence-corrected chi connectivity index (χ4v) is 4.55. The van der Waals surface area contributed by atoms with Gasteiger partial charge in [0, 0.05) is 35.9 Å². The van der Waals surface area contributed by atoms with Crippen LogP contribution in [-0.4, -0.2) is 15.5 Å². The standard InChI is InChI=1S/C28H21N3O/c32-28(31-19-23-10-6-16-30(23)18-22-8-2-4-13-27(22)31)21-14-15-26(29-17-21)25-12-5-9-20-7-1-3-11-24(20)25/h1-17H,18-19H2. The normalized spacial score (nSPS) is 12.8. The summed E-state index contributed by atoms with van der Waals surface area (Å²) in [6, 6.07) is 30.6. The first-order chi connectivity index (χ1) is 15.8. The van der Waals surface area contributed by atoms with Gasteiger partial charge in [-0.1, -0.05) is 60.7 Å². The van der Waals surface area contributed by atoms with Crippen molar-refractivity contribution in [2.24, 2.45) is 0 Å². The number of benzene rings is 3. The molecule has 0 saturated heterocycles. The van der Waals surface area contributed by atoms with Crippen LogP contribution >= 0.6 is 0 Å². The quantitative estimate of drug-likeness (QED) is 0.359. The van der Waals surface area contributed by atoms with Crippen LogP contribution in [0.25, 0.3) is 22.0 Å². The molecule has 0 atom stereocenters. The Bertz CT molecular complexity index is 1440. The fraction of sp³-hybridized carbons (Fsp3) is 0.0714. The van der Waals surface area contributed by atoms with Crippen LogP contribution in [-0.2, 0) is 13.1 Å². The van der Waals surface area contributed by atoms with Crippen molar-refractivity contribution in [1.29, 1.82) is 0 Å². The van der Waals surface area contributed by atoms with Crippen molar-refractivity contribution in [1.82, 2.24) is 9.55 Å². The number of anilines is 1. The van der Waals surface area contributed by atoms with Crippen molar-refractivity contribution in [2.45, 2.75) is 13.1 Å². The van der Waals surface area contributed by atoms with Gasteiger partial charge < -0.3 is 9.47 Å². The molecule has 4 nitrogen and oxygen atoms in total. The second-order valence-corrected chi connectivity index (χ2v) is 8.11. The van der Waals surface area contributed by atoms with Gasteiger partial charge in [-0.15, -0.1) is 0 Å². The lowest BCUT2D eigenvalue weighted by molar-refractivity contribution is 0.0984. The zero-order valence-electron chi connectivity index (χ0n) is 17.5. The molecule has 32 heavy (non-hydrogen) atoms. The maximum absolute atomic E-state index is 13.6. The highest BCUT2D eigenvalue weighted by molar-refractivity contribution is 6.06. The summed E-state index contributed by atoms with van der Waals surface area (Å²) in [5.41, 5.74) is 5.73. The van der Waals surface area contributed by atoms with Crippen molar-refractivity contribution >= 4 is 22.4 Å². The summed E-state index contributed by atoms with van der Waals surface area (Å²) in [5, 5.41) is 2.33. The van der Waals surface area contributed by atoms with Crippen molar-refractivity contribution in [3.8, 4) is 11.3 Å². The summed E-state index contributed by atoms with van der Waals surface area (Å²) in [4.78, 5) is 20.1. The van der Waals surface area contributed by atoms with Crippen molar-refractivity contribution in [3.05, 3.63) is 120 Å². The second kappa shape index (κ2) is 7.50. The number of aromatic nitrogens is 2. The summed E-state index contributed by atoms with van der Waals surface area (Å²) in [7, 11) is 0. The first-order valence-electron chi connectivity index (χ1n) is 10.8. The van der Waals surface area contributed by atoms with E-state index in [0.717, 1.165) is 40.1 Å². The highest BCUT2D eigenvalue weighted by atomic mass is 16.2. The largest absolute Gasteiger partial charge is 0.345 e. The van der Waals surface area contributed by atoms with E-state index in [2.05, 4.69) is 52.1 Å². The van der Waals surface area contributed by atoms with Crippen molar-refractivity contribution < 1.29 is 4.79 Å². The number of amides is 1. The third-order valence-electron chi connectivity index (χ3n) is 6.19. The van der Waals surface area contributed by atoms with Gasteiger partial charge in [-0.3, -0.25) is 9.78 Å². The summed E-state index contributed by atoms with van der Waals surface area (Å²) in [6.45, 7) is 1.30. The van der Waals surface area contributed by atoms with E-state index in [9.17, 15) is 4.79 Å². The summed E-state index contributed by atoms with van der Waals surface area (Å²) < 4.78 is 2.20. The molecular formula is C28H21N3O. The molecular weight excluding hydrogens is 394 g/mol. The Morgan fingerprint density at radius 1 is 0.781 bits per heavy atom. The van der Waals surface area contributed by atoms with Crippen LogP contribution in [0.15, 0.2) is 103 Å². The zero-order valence-corrected chi connectivity index (χ0v) is 17.5. The second-order valence-electron chi connectivity index (χ2n) is 8.11. The van der Waals surface area contributed by atoms with Gasteiger partial charge in [0.25, 0.3) is 5.91 Å². The molecule has 4 heteroatoms. The van der Waals surface area contributed by atoms with Crippen LogP contribution < -0.4 is 4.90 Å². The summed E-state index contributed by atoms with van der Waals surface area (Å²) in [5.74, 6) is -0.0379. The Balaban J connectivity index is 1.37. The van der Waals surface area contributed by atoms with Gasteiger partial charge in [0.15, 0.2) is 0 Å². The average molecular weight is 415 g/mol. The lowest BCUT2D eigenvalue weighted by Gasteiger charge is -2.22. The van der Waals surface area contributed by atoms with E-state index in [4.69, 9.17) is 0 Å². The molecule has 1 aliphatic heterocycles. The molecule has 2 aromatic heterocycles. The first-order valence-corrected chi connectivity index (χ1v) is 10.8. The summed E-state index contributed by atoms with van der Waals surface area (Å²) in [6.07, 6.45) is 3.77. The topological polar surface area (TPSA) is 38.1 Å². The van der Waals surface area contributed by atoms with E-state index in [1.807, 2.05) is 59.5 Å². The number of hydrogen-bond donors (Lipinski definition) is 0. The number of carbonyl (C=O) groups is 1. The monoisotopic (exact) mass is 415 g/mol. The van der Waals surface area contributed by atoms with Crippen LogP contribution in [0, 0.1) is 0 Å². The predicted octanol–water partition coefficient (Wildman–Crippen LogP) is 5.91. The number of carbonyl (C=O) groups excluding carboxylic acids is 1. The Morgan fingerprint density at radius 3 is 2.53 bits per heavy atom. The number of para-hydroxylation sites is 1. The first kappa shape index (κ1) is 18.6. The molecule has 0 bridgehead atoms. The number of pyridine rings is 1. The zero-order chi connectivity index (χ0) is 21.5. The molecule has 0 aliphatic carbocycles. The van der Waals surface area contributed by atoms with E-state index in [1.165, 1.54) is 5.39 Å². The molecule has 0 N–H and O–H groups in total. The molecule has 0 unspecified atom stereocenters. The minimum atomic E-state index is -0.0379. The van der Waals surface area contributed by atoms with Crippen LogP contribution in [0.5, 0.6) is 0 Å². The van der Waals surface area contributed by atoms with Gasteiger partial charge in [0.2, 0.25) is 0 Å². The maximum Gasteiger partial charge on any atom is 0.260 e. The third kappa shape index (κ3) is 3.08. The Morgan fingerprint density at radius 2 is 1.62 bits per heavy atom. The molecule has 154 valence electrons. The lowest BCUT2D eigenvalue weighted by Crippen LogP contribution is -2.30. The van der Waals surface area contributed by atoms with E-state index in [1.54, 1.807) is 6.20 Å². The highest BCUT2D eigenvalue weighted by Gasteiger charge is 2.25. The van der Waals surface area contributed by atoms with Crippen LogP contribution in [0.3, 0.4) is 0 Å². The SMILES string of the molecule is O=C(c1ccc(-c2cccc3ccccc23)nc1)N1Cc2cccn2Cc2ccccc21. The van der Waals surface area contributed by atoms with Crippen molar-refractivity contribution in [3.63, 3.8) is 0 Å². The molecule has 0 radical (unpaired) electrons. The van der Waals surface area contributed by atoms with Gasteiger partial charge in [-0.25, -0.2) is 0 Å². The minimum absolute atomic E-state index is 0.0379. The molecule has 3 aromatic carbocycles. The predicted molar refractivity (Wildman–Crippen MR) is 128 cm³/mol. The molecule has 1 aliphatic rings. The number of rotatable bonds is 2. The van der Waals surface area contributed by atoms with Crippen LogP contribution in [0.2, 0.25) is 0 Å². The molecule has 5 aromatic rings. The van der Waals surface area contributed by atoms with Gasteiger partial charge in [0.1, 0.15) is 0 Å². The number of fused-ring (bicyclic) bond motifs is 3. The fourth-order valence-electron chi connectivity index (χ4n) is 4.55. The molecule has 0 fully saturated rings. The van der Waals surface area contributed by atoms with Crippen LogP contribution in [0.1, 0.15) is 21.6 Å². The Kier molecular flexibility index (Phi) is 4.36. The molecule has 3 heterocycles. The van der Waals surface area contributed by atoms with Gasteiger partial charge in [-0.2, -0.15) is 0 Å². The Hall–Kier alpha value is -4.18. The van der Waals surface area contributed by atoms with Crippen molar-refractivity contribution in [2.75, 3.05) is 4.90 Å². The van der Waals surface area contributed by atoms with E-state index >= 15 is 0 Å². The molecule has 0 saturated carbocycles. The van der Waals surface area contributed by atoms with E-state index in [0.29, 0.717) is 12.1 Å². The maximum atomic E-state index is 13.6. The average Bonchev–Trinajstić information content (AvgIpc) is 3.22. The smallest absolute Gasteiger partial charge is 0.260 e. The summed E-state index contributed by atoms with van der Waals surface area (Å²) >= 11 is 0.